The third kappa shape index (κ3) is 4.72. The van der Waals surface area contributed by atoms with Crippen molar-refractivity contribution in [1.82, 2.24) is 5.32 Å². The first-order valence-electron chi connectivity index (χ1n) is 5.50. The highest BCUT2D eigenvalue weighted by Crippen LogP contribution is 2.27. The highest BCUT2D eigenvalue weighted by Gasteiger charge is 2.44. The van der Waals surface area contributed by atoms with Crippen molar-refractivity contribution >= 4 is 17.6 Å². The Morgan fingerprint density at radius 2 is 2.11 bits per heavy atom. The Morgan fingerprint density at radius 1 is 1.47 bits per heavy atom. The van der Waals surface area contributed by atoms with Crippen molar-refractivity contribution in [2.45, 2.75) is 19.1 Å². The van der Waals surface area contributed by atoms with Gasteiger partial charge in [0.15, 0.2) is 5.92 Å². The van der Waals surface area contributed by atoms with E-state index in [1.54, 1.807) is 31.2 Å². The molecule has 1 aromatic carbocycles. The van der Waals surface area contributed by atoms with Crippen LogP contribution in [0.25, 0.3) is 0 Å². The molecule has 0 aliphatic rings. The van der Waals surface area contributed by atoms with E-state index >= 15 is 0 Å². The molecule has 1 rings (SSSR count). The van der Waals surface area contributed by atoms with Gasteiger partial charge in [0.2, 0.25) is 0 Å². The third-order valence-corrected chi connectivity index (χ3v) is 2.91. The average molecular weight is 296 g/mol. The molecule has 2 atom stereocenters. The van der Waals surface area contributed by atoms with Gasteiger partial charge in [-0.05, 0) is 24.6 Å². The van der Waals surface area contributed by atoms with E-state index in [0.717, 1.165) is 0 Å². The number of hydrogen-bond donors (Lipinski definition) is 2. The Morgan fingerprint density at radius 3 is 2.58 bits per heavy atom. The van der Waals surface area contributed by atoms with Crippen LogP contribution in [0, 0.1) is 5.92 Å². The van der Waals surface area contributed by atoms with Crippen molar-refractivity contribution < 1.29 is 23.1 Å². The summed E-state index contributed by atoms with van der Waals surface area (Å²) in [6.07, 6.45) is -4.77. The van der Waals surface area contributed by atoms with Crippen LogP contribution in [0.1, 0.15) is 18.5 Å². The van der Waals surface area contributed by atoms with Crippen LogP contribution in [0.5, 0.6) is 0 Å². The summed E-state index contributed by atoms with van der Waals surface area (Å²) in [5.74, 6) is -4.31. The quantitative estimate of drug-likeness (QED) is 0.876. The molecule has 0 fully saturated rings. The minimum Gasteiger partial charge on any atom is -0.481 e. The van der Waals surface area contributed by atoms with Crippen LogP contribution in [-0.4, -0.2) is 23.8 Å². The SMILES string of the molecule is C[C@H](NCC(C(=O)O)C(F)(F)F)c1cccc(Cl)c1. The van der Waals surface area contributed by atoms with Gasteiger partial charge in [-0.1, -0.05) is 23.7 Å². The van der Waals surface area contributed by atoms with Gasteiger partial charge in [0, 0.05) is 17.6 Å². The summed E-state index contributed by atoms with van der Waals surface area (Å²) in [7, 11) is 0. The van der Waals surface area contributed by atoms with Crippen molar-refractivity contribution in [1.29, 1.82) is 0 Å². The standard InChI is InChI=1S/C12H13ClF3NO2/c1-7(8-3-2-4-9(13)5-8)17-6-10(11(18)19)12(14,15)16/h2-5,7,10,17H,6H2,1H3,(H,18,19)/t7-,10?/m0/s1. The molecule has 1 unspecified atom stereocenters. The second-order valence-electron chi connectivity index (χ2n) is 4.12. The summed E-state index contributed by atoms with van der Waals surface area (Å²) >= 11 is 5.77. The highest BCUT2D eigenvalue weighted by atomic mass is 35.5. The fraction of sp³-hybridized carbons (Fsp3) is 0.417. The molecule has 0 spiro atoms. The maximum atomic E-state index is 12.4. The van der Waals surface area contributed by atoms with Crippen LogP contribution in [0.4, 0.5) is 13.2 Å². The molecule has 7 heteroatoms. The first kappa shape index (κ1) is 15.8. The Hall–Kier alpha value is -1.27. The normalized spacial score (nSPS) is 15.0. The molecular formula is C12H13ClF3NO2. The molecule has 2 N–H and O–H groups in total. The van der Waals surface area contributed by atoms with Crippen LogP contribution >= 0.6 is 11.6 Å². The zero-order chi connectivity index (χ0) is 14.6. The van der Waals surface area contributed by atoms with Crippen molar-refractivity contribution in [3.8, 4) is 0 Å². The number of nitrogens with one attached hydrogen (secondary N) is 1. The summed E-state index contributed by atoms with van der Waals surface area (Å²) in [6.45, 7) is 0.952. The van der Waals surface area contributed by atoms with Gasteiger partial charge in [0.05, 0.1) is 0 Å². The average Bonchev–Trinajstić information content (AvgIpc) is 2.26. The van der Waals surface area contributed by atoms with E-state index in [1.165, 1.54) is 0 Å². The number of carboxylic acid groups (broad SMARTS) is 1. The number of carboxylic acids is 1. The molecule has 0 saturated heterocycles. The molecule has 3 nitrogen and oxygen atoms in total. The molecule has 0 aliphatic heterocycles. The third-order valence-electron chi connectivity index (χ3n) is 2.67. The van der Waals surface area contributed by atoms with Gasteiger partial charge in [-0.3, -0.25) is 4.79 Å². The topological polar surface area (TPSA) is 49.3 Å². The van der Waals surface area contributed by atoms with E-state index in [1.807, 2.05) is 0 Å². The Kier molecular flexibility index (Phi) is 5.20. The molecular weight excluding hydrogens is 283 g/mol. The van der Waals surface area contributed by atoms with E-state index < -0.39 is 30.7 Å². The number of hydrogen-bond acceptors (Lipinski definition) is 2. The molecule has 106 valence electrons. The number of halogens is 4. The lowest BCUT2D eigenvalue weighted by molar-refractivity contribution is -0.192. The summed E-state index contributed by atoms with van der Waals surface area (Å²) in [6, 6.07) is 6.21. The Balaban J connectivity index is 2.67. The number of carbonyl (C=O) groups is 1. The van der Waals surface area contributed by atoms with Crippen molar-refractivity contribution in [3.63, 3.8) is 0 Å². The fourth-order valence-electron chi connectivity index (χ4n) is 1.53. The number of benzene rings is 1. The van der Waals surface area contributed by atoms with Gasteiger partial charge in [-0.2, -0.15) is 13.2 Å². The lowest BCUT2D eigenvalue weighted by atomic mass is 10.1. The molecule has 0 saturated carbocycles. The maximum Gasteiger partial charge on any atom is 0.403 e. The maximum absolute atomic E-state index is 12.4. The number of rotatable bonds is 5. The van der Waals surface area contributed by atoms with Crippen LogP contribution < -0.4 is 5.32 Å². The molecule has 0 aliphatic carbocycles. The zero-order valence-corrected chi connectivity index (χ0v) is 10.8. The van der Waals surface area contributed by atoms with Crippen LogP contribution in [-0.2, 0) is 4.79 Å². The largest absolute Gasteiger partial charge is 0.481 e. The second-order valence-corrected chi connectivity index (χ2v) is 4.55. The summed E-state index contributed by atoms with van der Waals surface area (Å²) < 4.78 is 37.3. The molecule has 0 amide bonds. The number of alkyl halides is 3. The van der Waals surface area contributed by atoms with Gasteiger partial charge >= 0.3 is 12.1 Å². The first-order valence-corrected chi connectivity index (χ1v) is 5.88. The summed E-state index contributed by atoms with van der Waals surface area (Å²) in [5.41, 5.74) is 0.693. The van der Waals surface area contributed by atoms with E-state index in [9.17, 15) is 18.0 Å². The van der Waals surface area contributed by atoms with Crippen LogP contribution in [0.3, 0.4) is 0 Å². The first-order chi connectivity index (χ1) is 8.71. The van der Waals surface area contributed by atoms with E-state index in [4.69, 9.17) is 16.7 Å². The van der Waals surface area contributed by atoms with Gasteiger partial charge in [0.1, 0.15) is 0 Å². The van der Waals surface area contributed by atoms with Gasteiger partial charge in [0.25, 0.3) is 0 Å². The Labute approximate surface area is 113 Å². The van der Waals surface area contributed by atoms with Crippen molar-refractivity contribution in [2.24, 2.45) is 5.92 Å². The lowest BCUT2D eigenvalue weighted by Crippen LogP contribution is -2.39. The van der Waals surface area contributed by atoms with Crippen LogP contribution in [0.2, 0.25) is 5.02 Å². The summed E-state index contributed by atoms with van der Waals surface area (Å²) in [4.78, 5) is 10.6. The van der Waals surface area contributed by atoms with E-state index in [-0.39, 0.29) is 0 Å². The van der Waals surface area contributed by atoms with Gasteiger partial charge < -0.3 is 10.4 Å². The smallest absolute Gasteiger partial charge is 0.403 e. The molecule has 0 bridgehead atoms. The Bertz CT molecular complexity index is 451. The molecule has 0 heterocycles. The van der Waals surface area contributed by atoms with Crippen LogP contribution in [0.15, 0.2) is 24.3 Å². The monoisotopic (exact) mass is 295 g/mol. The fourth-order valence-corrected chi connectivity index (χ4v) is 1.73. The lowest BCUT2D eigenvalue weighted by Gasteiger charge is -2.20. The van der Waals surface area contributed by atoms with Gasteiger partial charge in [-0.25, -0.2) is 0 Å². The number of aliphatic carboxylic acids is 1. The van der Waals surface area contributed by atoms with E-state index in [2.05, 4.69) is 5.32 Å². The zero-order valence-electron chi connectivity index (χ0n) is 10.0. The molecule has 0 radical (unpaired) electrons. The van der Waals surface area contributed by atoms with Crippen molar-refractivity contribution in [2.75, 3.05) is 6.54 Å². The van der Waals surface area contributed by atoms with Gasteiger partial charge in [-0.15, -0.1) is 0 Å². The highest BCUT2D eigenvalue weighted by molar-refractivity contribution is 6.30. The molecule has 0 aromatic heterocycles. The summed E-state index contributed by atoms with van der Waals surface area (Å²) in [5, 5.41) is 11.6. The van der Waals surface area contributed by atoms with Crippen molar-refractivity contribution in [3.05, 3.63) is 34.9 Å². The minimum atomic E-state index is -4.77. The van der Waals surface area contributed by atoms with E-state index in [0.29, 0.717) is 10.6 Å². The minimum absolute atomic E-state index is 0.428. The molecule has 19 heavy (non-hydrogen) atoms. The second kappa shape index (κ2) is 6.25. The predicted octanol–water partition coefficient (Wildman–Crippen LogP) is 3.25. The predicted molar refractivity (Wildman–Crippen MR) is 65.1 cm³/mol. The molecule has 1 aromatic rings.